The Bertz CT molecular complexity index is 620. The zero-order valence-electron chi connectivity index (χ0n) is 13.9. The molecular formula is C19H25ClN2O2. The average molecular weight is 349 g/mol. The van der Waals surface area contributed by atoms with Gasteiger partial charge >= 0.3 is 0 Å². The number of carbonyl (C=O) groups excluding carboxylic acids is 1. The van der Waals surface area contributed by atoms with Crippen LogP contribution in [0.5, 0.6) is 5.75 Å². The van der Waals surface area contributed by atoms with Crippen LogP contribution < -0.4 is 10.1 Å². The third-order valence-corrected chi connectivity index (χ3v) is 5.08. The molecule has 0 spiro atoms. The van der Waals surface area contributed by atoms with Crippen LogP contribution in [0.25, 0.3) is 6.08 Å². The molecule has 0 radical (unpaired) electrons. The van der Waals surface area contributed by atoms with E-state index in [4.69, 9.17) is 4.74 Å². The fourth-order valence-corrected chi connectivity index (χ4v) is 3.38. The summed E-state index contributed by atoms with van der Waals surface area (Å²) in [5.41, 5.74) is 1.77. The molecule has 1 saturated carbocycles. The third kappa shape index (κ3) is 3.93. The molecule has 0 unspecified atom stereocenters. The highest BCUT2D eigenvalue weighted by atomic mass is 35.5. The first-order chi connectivity index (χ1) is 11.3. The van der Waals surface area contributed by atoms with Gasteiger partial charge in [0.15, 0.2) is 0 Å². The van der Waals surface area contributed by atoms with Crippen molar-refractivity contribution in [2.45, 2.75) is 31.7 Å². The lowest BCUT2D eigenvalue weighted by molar-refractivity contribution is -0.128. The minimum Gasteiger partial charge on any atom is -0.488 e. The maximum absolute atomic E-state index is 12.7. The van der Waals surface area contributed by atoms with Gasteiger partial charge < -0.3 is 15.0 Å². The van der Waals surface area contributed by atoms with Crippen LogP contribution in [0.1, 0.15) is 31.2 Å². The van der Waals surface area contributed by atoms with Gasteiger partial charge in [-0.15, -0.1) is 12.4 Å². The predicted molar refractivity (Wildman–Crippen MR) is 97.5 cm³/mol. The van der Waals surface area contributed by atoms with Gasteiger partial charge in [-0.3, -0.25) is 4.79 Å². The number of piperidine rings is 1. The average Bonchev–Trinajstić information content (AvgIpc) is 3.44. The molecule has 2 heterocycles. The highest BCUT2D eigenvalue weighted by Crippen LogP contribution is 2.29. The Morgan fingerprint density at radius 1 is 1.17 bits per heavy atom. The van der Waals surface area contributed by atoms with Gasteiger partial charge in [0.2, 0.25) is 0 Å². The van der Waals surface area contributed by atoms with Crippen LogP contribution in [-0.2, 0) is 4.79 Å². The van der Waals surface area contributed by atoms with E-state index < -0.39 is 0 Å². The zero-order chi connectivity index (χ0) is 15.6. The van der Waals surface area contributed by atoms with E-state index in [2.05, 4.69) is 5.32 Å². The van der Waals surface area contributed by atoms with Crippen LogP contribution in [0.15, 0.2) is 29.8 Å². The summed E-state index contributed by atoms with van der Waals surface area (Å²) in [5, 5.41) is 3.66. The van der Waals surface area contributed by atoms with Gasteiger partial charge in [-0.1, -0.05) is 18.2 Å². The first-order valence-corrected chi connectivity index (χ1v) is 8.74. The van der Waals surface area contributed by atoms with E-state index in [1.54, 1.807) is 0 Å². The molecule has 1 saturated heterocycles. The monoisotopic (exact) mass is 348 g/mol. The topological polar surface area (TPSA) is 41.6 Å². The Labute approximate surface area is 149 Å². The normalized spacial score (nSPS) is 20.5. The van der Waals surface area contributed by atoms with Crippen molar-refractivity contribution in [1.82, 2.24) is 10.2 Å². The number of carbonyl (C=O) groups is 1. The van der Waals surface area contributed by atoms with E-state index in [1.165, 1.54) is 12.8 Å². The second-order valence-corrected chi connectivity index (χ2v) is 6.91. The van der Waals surface area contributed by atoms with Gasteiger partial charge in [0.1, 0.15) is 12.4 Å². The Morgan fingerprint density at radius 3 is 2.67 bits per heavy atom. The fraction of sp³-hybridized carbons (Fsp3) is 0.526. The molecule has 1 N–H and O–H groups in total. The summed E-state index contributed by atoms with van der Waals surface area (Å²) in [6.07, 6.45) is 6.88. The van der Waals surface area contributed by atoms with Crippen LogP contribution in [0.4, 0.5) is 0 Å². The number of fused-ring (bicyclic) bond motifs is 1. The van der Waals surface area contributed by atoms with Crippen molar-refractivity contribution in [2.24, 2.45) is 5.92 Å². The highest BCUT2D eigenvalue weighted by Gasteiger charge is 2.28. The van der Waals surface area contributed by atoms with Crippen molar-refractivity contribution in [3.05, 3.63) is 35.4 Å². The molecule has 2 fully saturated rings. The molecule has 5 heteroatoms. The second kappa shape index (κ2) is 7.58. The summed E-state index contributed by atoms with van der Waals surface area (Å²) in [4.78, 5) is 14.7. The Morgan fingerprint density at radius 2 is 1.92 bits per heavy atom. The number of ether oxygens (including phenoxy) is 1. The van der Waals surface area contributed by atoms with Crippen LogP contribution in [0.2, 0.25) is 0 Å². The van der Waals surface area contributed by atoms with Crippen LogP contribution in [-0.4, -0.2) is 43.1 Å². The fourth-order valence-electron chi connectivity index (χ4n) is 3.38. The van der Waals surface area contributed by atoms with Crippen molar-refractivity contribution in [1.29, 1.82) is 0 Å². The summed E-state index contributed by atoms with van der Waals surface area (Å²) in [6.45, 7) is 3.24. The predicted octanol–water partition coefficient (Wildman–Crippen LogP) is 2.87. The van der Waals surface area contributed by atoms with Gasteiger partial charge in [0.25, 0.3) is 5.91 Å². The van der Waals surface area contributed by atoms with E-state index >= 15 is 0 Å². The third-order valence-electron chi connectivity index (χ3n) is 5.08. The number of amides is 1. The molecule has 24 heavy (non-hydrogen) atoms. The highest BCUT2D eigenvalue weighted by molar-refractivity contribution is 5.99. The molecule has 3 aliphatic rings. The van der Waals surface area contributed by atoms with E-state index in [0.29, 0.717) is 12.6 Å². The van der Waals surface area contributed by atoms with Gasteiger partial charge in [0, 0.05) is 24.7 Å². The van der Waals surface area contributed by atoms with Crippen LogP contribution >= 0.6 is 12.4 Å². The minimum absolute atomic E-state index is 0. The second-order valence-electron chi connectivity index (χ2n) is 6.91. The van der Waals surface area contributed by atoms with Gasteiger partial charge in [-0.25, -0.2) is 0 Å². The summed E-state index contributed by atoms with van der Waals surface area (Å²) in [7, 11) is 0. The number of rotatable bonds is 4. The standard InChI is InChI=1S/C19H24N2O2.ClH/c22-19(16-11-15-3-1-2-4-18(15)23-13-16)21-9-7-17(8-10-21)20-12-14-5-6-14;/h1-4,11,14,17,20H,5-10,12-13H2;1H. The van der Waals surface area contributed by atoms with Crippen molar-refractivity contribution < 1.29 is 9.53 Å². The minimum atomic E-state index is 0. The molecule has 0 aromatic heterocycles. The van der Waals surface area contributed by atoms with Gasteiger partial charge in [-0.05, 0) is 50.3 Å². The van der Waals surface area contributed by atoms with Crippen molar-refractivity contribution in [3.63, 3.8) is 0 Å². The smallest absolute Gasteiger partial charge is 0.253 e. The molecule has 0 atom stereocenters. The van der Waals surface area contributed by atoms with Gasteiger partial charge in [0.05, 0.1) is 5.57 Å². The molecular weight excluding hydrogens is 324 g/mol. The number of nitrogens with one attached hydrogen (secondary N) is 1. The SMILES string of the molecule is Cl.O=C(C1=Cc2ccccc2OC1)N1CCC(NCC2CC2)CC1. The number of nitrogens with zero attached hydrogens (tertiary/aromatic N) is 1. The Balaban J connectivity index is 0.00000169. The molecule has 130 valence electrons. The molecule has 1 aliphatic carbocycles. The first kappa shape index (κ1) is 17.3. The zero-order valence-corrected chi connectivity index (χ0v) is 14.7. The summed E-state index contributed by atoms with van der Waals surface area (Å²) in [6, 6.07) is 8.46. The Hall–Kier alpha value is -1.52. The lowest BCUT2D eigenvalue weighted by Gasteiger charge is -2.33. The quantitative estimate of drug-likeness (QED) is 0.909. The van der Waals surface area contributed by atoms with Crippen molar-refractivity contribution in [3.8, 4) is 5.75 Å². The van der Waals surface area contributed by atoms with Crippen LogP contribution in [0.3, 0.4) is 0 Å². The molecule has 1 aromatic carbocycles. The largest absolute Gasteiger partial charge is 0.488 e. The van der Waals surface area contributed by atoms with E-state index in [9.17, 15) is 4.79 Å². The molecule has 1 aromatic rings. The van der Waals surface area contributed by atoms with Crippen LogP contribution in [0, 0.1) is 5.92 Å². The number of para-hydroxylation sites is 1. The Kier molecular flexibility index (Phi) is 5.47. The number of benzene rings is 1. The number of halogens is 1. The number of likely N-dealkylation sites (tertiary alicyclic amines) is 1. The molecule has 2 aliphatic heterocycles. The molecule has 1 amide bonds. The maximum atomic E-state index is 12.7. The number of hydrogen-bond donors (Lipinski definition) is 1. The lowest BCUT2D eigenvalue weighted by atomic mass is 10.0. The van der Waals surface area contributed by atoms with Crippen molar-refractivity contribution in [2.75, 3.05) is 26.2 Å². The molecule has 4 nitrogen and oxygen atoms in total. The van der Waals surface area contributed by atoms with Gasteiger partial charge in [-0.2, -0.15) is 0 Å². The summed E-state index contributed by atoms with van der Waals surface area (Å²) in [5.74, 6) is 1.92. The first-order valence-electron chi connectivity index (χ1n) is 8.74. The molecule has 0 bridgehead atoms. The maximum Gasteiger partial charge on any atom is 0.253 e. The lowest BCUT2D eigenvalue weighted by Crippen LogP contribution is -2.46. The summed E-state index contributed by atoms with van der Waals surface area (Å²) < 4.78 is 5.71. The summed E-state index contributed by atoms with van der Waals surface area (Å²) >= 11 is 0. The van der Waals surface area contributed by atoms with E-state index in [-0.39, 0.29) is 18.3 Å². The van der Waals surface area contributed by atoms with E-state index in [1.807, 2.05) is 35.2 Å². The number of hydrogen-bond acceptors (Lipinski definition) is 3. The van der Waals surface area contributed by atoms with E-state index in [0.717, 1.165) is 55.3 Å². The van der Waals surface area contributed by atoms with Crippen molar-refractivity contribution >= 4 is 24.4 Å². The molecule has 4 rings (SSSR count).